The maximum atomic E-state index is 10.1. The lowest BCUT2D eigenvalue weighted by molar-refractivity contribution is 0.604. The van der Waals surface area contributed by atoms with E-state index in [4.69, 9.17) is 0 Å². The molecule has 0 aliphatic heterocycles. The average molecular weight is 129 g/mol. The van der Waals surface area contributed by atoms with E-state index in [0.717, 1.165) is 17.7 Å². The maximum Gasteiger partial charge on any atom is 0.499 e. The normalized spacial score (nSPS) is 19.8. The van der Waals surface area contributed by atoms with E-state index in [2.05, 4.69) is 6.08 Å². The molecule has 0 unspecified atom stereocenters. The summed E-state index contributed by atoms with van der Waals surface area (Å²) in [5.74, 6) is 0. The Morgan fingerprint density at radius 1 is 1.50 bits per heavy atom. The van der Waals surface area contributed by atoms with Crippen LogP contribution < -0.4 is 0 Å². The third kappa shape index (κ3) is 1.37. The lowest BCUT2D eigenvalue weighted by Crippen LogP contribution is -1.88. The van der Waals surface area contributed by atoms with Gasteiger partial charge in [0.1, 0.15) is 0 Å². The standard InChI is InChI=1S/C6H9OS/c7-8-6-4-2-1-3-5-6/h4H,1-3,5H2/q+1. The van der Waals surface area contributed by atoms with Gasteiger partial charge < -0.3 is 0 Å². The van der Waals surface area contributed by atoms with E-state index in [9.17, 15) is 4.21 Å². The molecule has 0 atom stereocenters. The van der Waals surface area contributed by atoms with Crippen molar-refractivity contribution in [1.82, 2.24) is 0 Å². The SMILES string of the molecule is O=[S+]C1=CCCCC1. The van der Waals surface area contributed by atoms with E-state index < -0.39 is 0 Å². The molecule has 0 N–H and O–H groups in total. The molecule has 1 aliphatic rings. The zero-order chi connectivity index (χ0) is 5.82. The number of rotatable bonds is 1. The lowest BCUT2D eigenvalue weighted by Gasteiger charge is -1.96. The second-order valence-corrected chi connectivity index (χ2v) is 2.69. The molecule has 0 aromatic carbocycles. The summed E-state index contributed by atoms with van der Waals surface area (Å²) in [4.78, 5) is 1.04. The van der Waals surface area contributed by atoms with Gasteiger partial charge in [0.2, 0.25) is 0 Å². The van der Waals surface area contributed by atoms with E-state index in [-0.39, 0.29) is 0 Å². The maximum absolute atomic E-state index is 10.1. The van der Waals surface area contributed by atoms with Crippen molar-refractivity contribution in [3.8, 4) is 0 Å². The first-order valence-electron chi connectivity index (χ1n) is 2.92. The first-order valence-corrected chi connectivity index (χ1v) is 3.66. The molecule has 0 saturated carbocycles. The van der Waals surface area contributed by atoms with Crippen molar-refractivity contribution in [2.75, 3.05) is 0 Å². The van der Waals surface area contributed by atoms with Crippen LogP contribution in [0.3, 0.4) is 0 Å². The molecular weight excluding hydrogens is 120 g/mol. The van der Waals surface area contributed by atoms with Crippen molar-refractivity contribution in [1.29, 1.82) is 0 Å². The Balaban J connectivity index is 2.49. The fourth-order valence-electron chi connectivity index (χ4n) is 0.884. The van der Waals surface area contributed by atoms with Crippen molar-refractivity contribution >= 4 is 11.7 Å². The van der Waals surface area contributed by atoms with Crippen molar-refractivity contribution in [2.45, 2.75) is 25.7 Å². The van der Waals surface area contributed by atoms with Gasteiger partial charge >= 0.3 is 11.7 Å². The third-order valence-electron chi connectivity index (χ3n) is 1.36. The molecule has 1 rings (SSSR count). The van der Waals surface area contributed by atoms with E-state index >= 15 is 0 Å². The number of hydrogen-bond donors (Lipinski definition) is 0. The number of allylic oxidation sites excluding steroid dienone is 2. The van der Waals surface area contributed by atoms with Crippen molar-refractivity contribution in [2.24, 2.45) is 0 Å². The molecule has 8 heavy (non-hydrogen) atoms. The van der Waals surface area contributed by atoms with Crippen LogP contribution in [-0.4, -0.2) is 0 Å². The van der Waals surface area contributed by atoms with Crippen LogP contribution in [0.1, 0.15) is 25.7 Å². The van der Waals surface area contributed by atoms with Crippen LogP contribution in [0, 0.1) is 0 Å². The Hall–Kier alpha value is -0.240. The minimum Gasteiger partial charge on any atom is -0.0491 e. The Kier molecular flexibility index (Phi) is 2.15. The van der Waals surface area contributed by atoms with Gasteiger partial charge in [0, 0.05) is 10.6 Å². The van der Waals surface area contributed by atoms with Gasteiger partial charge in [0.15, 0.2) is 0 Å². The monoisotopic (exact) mass is 129 g/mol. The Labute approximate surface area is 53.3 Å². The van der Waals surface area contributed by atoms with E-state index in [1.807, 2.05) is 0 Å². The molecule has 0 fully saturated rings. The summed E-state index contributed by atoms with van der Waals surface area (Å²) in [7, 11) is 0. The van der Waals surface area contributed by atoms with Crippen LogP contribution in [0.25, 0.3) is 0 Å². The van der Waals surface area contributed by atoms with E-state index in [0.29, 0.717) is 11.7 Å². The molecule has 0 amide bonds. The minimum absolute atomic E-state index is 0.657. The summed E-state index contributed by atoms with van der Waals surface area (Å²) in [6.07, 6.45) is 6.67. The molecule has 0 radical (unpaired) electrons. The summed E-state index contributed by atoms with van der Waals surface area (Å²) in [6.45, 7) is 0. The van der Waals surface area contributed by atoms with Crippen molar-refractivity contribution in [3.05, 3.63) is 11.0 Å². The van der Waals surface area contributed by atoms with Gasteiger partial charge in [-0.25, -0.2) is 0 Å². The topological polar surface area (TPSA) is 17.1 Å². The van der Waals surface area contributed by atoms with Crippen LogP contribution in [0.5, 0.6) is 0 Å². The average Bonchev–Trinajstić information content (AvgIpc) is 1.90. The minimum atomic E-state index is 0.657. The molecule has 0 aromatic rings. The van der Waals surface area contributed by atoms with Crippen LogP contribution in [0.15, 0.2) is 11.0 Å². The molecule has 0 bridgehead atoms. The highest BCUT2D eigenvalue weighted by molar-refractivity contribution is 7.70. The van der Waals surface area contributed by atoms with Gasteiger partial charge in [0.05, 0.1) is 0 Å². The van der Waals surface area contributed by atoms with Gasteiger partial charge in [0.25, 0.3) is 4.91 Å². The fraction of sp³-hybridized carbons (Fsp3) is 0.667. The number of hydrogen-bond acceptors (Lipinski definition) is 1. The predicted molar refractivity (Wildman–Crippen MR) is 34.6 cm³/mol. The molecule has 1 aliphatic carbocycles. The van der Waals surface area contributed by atoms with Gasteiger partial charge in [-0.2, -0.15) is 0 Å². The van der Waals surface area contributed by atoms with E-state index in [1.54, 1.807) is 0 Å². The van der Waals surface area contributed by atoms with Crippen molar-refractivity contribution < 1.29 is 4.21 Å². The molecule has 0 spiro atoms. The predicted octanol–water partition coefficient (Wildman–Crippen LogP) is 1.87. The van der Waals surface area contributed by atoms with Crippen LogP contribution in [-0.2, 0) is 15.9 Å². The molecule has 1 nitrogen and oxygen atoms in total. The quantitative estimate of drug-likeness (QED) is 0.494. The summed E-state index contributed by atoms with van der Waals surface area (Å²) in [5, 5.41) is 0. The van der Waals surface area contributed by atoms with Gasteiger partial charge in [-0.05, 0) is 25.3 Å². The molecule has 0 aromatic heterocycles. The zero-order valence-corrected chi connectivity index (χ0v) is 5.54. The summed E-state index contributed by atoms with van der Waals surface area (Å²) < 4.78 is 10.1. The molecule has 44 valence electrons. The first-order chi connectivity index (χ1) is 3.93. The highest BCUT2D eigenvalue weighted by Gasteiger charge is 2.13. The molecule has 0 heterocycles. The highest BCUT2D eigenvalue weighted by atomic mass is 32.1. The second kappa shape index (κ2) is 2.92. The molecular formula is C6H9OS+. The largest absolute Gasteiger partial charge is 0.499 e. The van der Waals surface area contributed by atoms with Gasteiger partial charge in [-0.3, -0.25) is 0 Å². The smallest absolute Gasteiger partial charge is 0.0491 e. The first kappa shape index (κ1) is 5.89. The van der Waals surface area contributed by atoms with Crippen molar-refractivity contribution in [3.63, 3.8) is 0 Å². The fourth-order valence-corrected chi connectivity index (χ4v) is 1.30. The summed E-state index contributed by atoms with van der Waals surface area (Å²) in [6, 6.07) is 0. The van der Waals surface area contributed by atoms with Crippen LogP contribution >= 0.6 is 0 Å². The van der Waals surface area contributed by atoms with Crippen LogP contribution in [0.2, 0.25) is 0 Å². The van der Waals surface area contributed by atoms with Gasteiger partial charge in [-0.1, -0.05) is 0 Å². The Bertz CT molecular complexity index is 118. The Morgan fingerprint density at radius 2 is 2.38 bits per heavy atom. The van der Waals surface area contributed by atoms with Crippen LogP contribution in [0.4, 0.5) is 0 Å². The summed E-state index contributed by atoms with van der Waals surface area (Å²) in [5.41, 5.74) is 0. The zero-order valence-electron chi connectivity index (χ0n) is 4.72. The molecule has 0 saturated heterocycles. The van der Waals surface area contributed by atoms with E-state index in [1.165, 1.54) is 12.8 Å². The lowest BCUT2D eigenvalue weighted by atomic mass is 10.1. The Morgan fingerprint density at radius 3 is 2.75 bits per heavy atom. The third-order valence-corrected chi connectivity index (χ3v) is 1.94. The molecule has 2 heteroatoms. The second-order valence-electron chi connectivity index (χ2n) is 2.00. The van der Waals surface area contributed by atoms with Gasteiger partial charge in [-0.15, -0.1) is 0 Å². The highest BCUT2D eigenvalue weighted by Crippen LogP contribution is 2.15. The summed E-state index contributed by atoms with van der Waals surface area (Å²) >= 11 is 0.657.